The topological polar surface area (TPSA) is 52.9 Å². The van der Waals surface area contributed by atoms with Gasteiger partial charge in [-0.05, 0) is 24.6 Å². The van der Waals surface area contributed by atoms with E-state index < -0.39 is 0 Å². The Morgan fingerprint density at radius 3 is 2.31 bits per heavy atom. The molecule has 1 aromatic carbocycles. The van der Waals surface area contributed by atoms with Gasteiger partial charge in [0.05, 0.1) is 26.0 Å². The van der Waals surface area contributed by atoms with Crippen molar-refractivity contribution in [1.29, 1.82) is 0 Å². The number of ether oxygens (including phenoxy) is 1. The van der Waals surface area contributed by atoms with Gasteiger partial charge in [0.1, 0.15) is 5.75 Å². The minimum atomic E-state index is 0.0527. The van der Waals surface area contributed by atoms with Gasteiger partial charge >= 0.3 is 0 Å². The van der Waals surface area contributed by atoms with Crippen molar-refractivity contribution in [2.75, 3.05) is 38.3 Å². The Morgan fingerprint density at radius 2 is 1.81 bits per heavy atom. The minimum absolute atomic E-state index is 0.0527. The van der Waals surface area contributed by atoms with Crippen LogP contribution in [-0.4, -0.2) is 43.6 Å². The summed E-state index contributed by atoms with van der Waals surface area (Å²) in [6.07, 6.45) is 0. The van der Waals surface area contributed by atoms with E-state index in [1.165, 1.54) is 0 Å². The molecule has 2 N–H and O–H groups in total. The molecule has 4 heteroatoms. The van der Waals surface area contributed by atoms with Crippen LogP contribution < -0.4 is 9.64 Å². The quantitative estimate of drug-likeness (QED) is 0.751. The van der Waals surface area contributed by atoms with Gasteiger partial charge in [0.15, 0.2) is 0 Å². The molecule has 0 unspecified atom stereocenters. The summed E-state index contributed by atoms with van der Waals surface area (Å²) in [7, 11) is 1.62. The number of aliphatic hydroxyl groups excluding tert-OH is 2. The van der Waals surface area contributed by atoms with E-state index in [1.807, 2.05) is 30.0 Å². The lowest BCUT2D eigenvalue weighted by molar-refractivity contribution is 0.280. The van der Waals surface area contributed by atoms with Crippen LogP contribution in [0.25, 0.3) is 0 Å². The van der Waals surface area contributed by atoms with Gasteiger partial charge in [-0.25, -0.2) is 0 Å². The zero-order chi connectivity index (χ0) is 12.0. The molecule has 0 atom stereocenters. The molecule has 4 nitrogen and oxygen atoms in total. The van der Waals surface area contributed by atoms with Crippen LogP contribution in [0.5, 0.6) is 5.75 Å². The van der Waals surface area contributed by atoms with Crippen molar-refractivity contribution in [3.05, 3.63) is 23.8 Å². The summed E-state index contributed by atoms with van der Waals surface area (Å²) >= 11 is 0. The number of hydrogen-bond donors (Lipinski definition) is 2. The third-order valence-corrected chi connectivity index (χ3v) is 2.41. The second-order valence-corrected chi connectivity index (χ2v) is 3.61. The van der Waals surface area contributed by atoms with Crippen molar-refractivity contribution in [1.82, 2.24) is 0 Å². The van der Waals surface area contributed by atoms with Gasteiger partial charge in [-0.3, -0.25) is 0 Å². The van der Waals surface area contributed by atoms with E-state index in [9.17, 15) is 0 Å². The second-order valence-electron chi connectivity index (χ2n) is 3.61. The molecule has 0 amide bonds. The fourth-order valence-corrected chi connectivity index (χ4v) is 1.64. The number of benzene rings is 1. The van der Waals surface area contributed by atoms with Gasteiger partial charge in [-0.2, -0.15) is 0 Å². The third kappa shape index (κ3) is 3.12. The Morgan fingerprint density at radius 1 is 1.19 bits per heavy atom. The average molecular weight is 225 g/mol. The van der Waals surface area contributed by atoms with E-state index in [0.717, 1.165) is 17.0 Å². The van der Waals surface area contributed by atoms with E-state index >= 15 is 0 Å². The molecular weight excluding hydrogens is 206 g/mol. The van der Waals surface area contributed by atoms with Crippen LogP contribution in [0.3, 0.4) is 0 Å². The van der Waals surface area contributed by atoms with Gasteiger partial charge < -0.3 is 19.8 Å². The highest BCUT2D eigenvalue weighted by Gasteiger charge is 2.11. The lowest BCUT2D eigenvalue weighted by atomic mass is 10.2. The molecule has 0 aliphatic rings. The number of anilines is 1. The molecular formula is C12H19NO3. The molecule has 1 rings (SSSR count). The van der Waals surface area contributed by atoms with E-state index in [1.54, 1.807) is 7.11 Å². The SMILES string of the molecule is COc1ccc(C)cc1N(CCO)CCO. The smallest absolute Gasteiger partial charge is 0.142 e. The van der Waals surface area contributed by atoms with Crippen molar-refractivity contribution in [2.24, 2.45) is 0 Å². The minimum Gasteiger partial charge on any atom is -0.495 e. The second kappa shape index (κ2) is 6.35. The van der Waals surface area contributed by atoms with Crippen molar-refractivity contribution in [3.63, 3.8) is 0 Å². The average Bonchev–Trinajstić information content (AvgIpc) is 2.29. The monoisotopic (exact) mass is 225 g/mol. The van der Waals surface area contributed by atoms with Crippen LogP contribution in [0.4, 0.5) is 5.69 Å². The Labute approximate surface area is 96.1 Å². The van der Waals surface area contributed by atoms with Gasteiger partial charge in [0, 0.05) is 13.1 Å². The number of methoxy groups -OCH3 is 1. The molecule has 0 aromatic heterocycles. The van der Waals surface area contributed by atoms with E-state index in [0.29, 0.717) is 13.1 Å². The predicted octanol–water partition coefficient (Wildman–Crippen LogP) is 0.795. The normalized spacial score (nSPS) is 10.2. The van der Waals surface area contributed by atoms with Crippen molar-refractivity contribution < 1.29 is 14.9 Å². The number of nitrogens with zero attached hydrogens (tertiary/aromatic N) is 1. The number of aryl methyl sites for hydroxylation is 1. The molecule has 0 saturated carbocycles. The number of hydrogen-bond acceptors (Lipinski definition) is 4. The van der Waals surface area contributed by atoms with Gasteiger partial charge in [0.2, 0.25) is 0 Å². The Bertz CT molecular complexity index is 322. The molecule has 0 heterocycles. The third-order valence-electron chi connectivity index (χ3n) is 2.41. The first-order valence-electron chi connectivity index (χ1n) is 5.34. The lowest BCUT2D eigenvalue weighted by Gasteiger charge is -2.25. The van der Waals surface area contributed by atoms with Crippen LogP contribution >= 0.6 is 0 Å². The maximum Gasteiger partial charge on any atom is 0.142 e. The fourth-order valence-electron chi connectivity index (χ4n) is 1.64. The first kappa shape index (κ1) is 12.8. The standard InChI is InChI=1S/C12H19NO3/c1-10-3-4-12(16-2)11(9-10)13(5-7-14)6-8-15/h3-4,9,14-15H,5-8H2,1-2H3. The zero-order valence-corrected chi connectivity index (χ0v) is 9.81. The first-order chi connectivity index (χ1) is 7.72. The molecule has 0 fully saturated rings. The predicted molar refractivity (Wildman–Crippen MR) is 64.1 cm³/mol. The summed E-state index contributed by atoms with van der Waals surface area (Å²) in [6, 6.07) is 5.86. The number of aliphatic hydroxyl groups is 2. The molecule has 1 aromatic rings. The van der Waals surface area contributed by atoms with Gasteiger partial charge in [-0.1, -0.05) is 6.07 Å². The molecule has 0 aliphatic carbocycles. The van der Waals surface area contributed by atoms with Gasteiger partial charge in [-0.15, -0.1) is 0 Å². The van der Waals surface area contributed by atoms with E-state index in [2.05, 4.69) is 0 Å². The van der Waals surface area contributed by atoms with Crippen molar-refractivity contribution >= 4 is 5.69 Å². The Hall–Kier alpha value is -1.26. The highest BCUT2D eigenvalue weighted by molar-refractivity contribution is 5.60. The lowest BCUT2D eigenvalue weighted by Crippen LogP contribution is -2.30. The highest BCUT2D eigenvalue weighted by Crippen LogP contribution is 2.28. The first-order valence-corrected chi connectivity index (χ1v) is 5.34. The summed E-state index contributed by atoms with van der Waals surface area (Å²) in [5.74, 6) is 0.757. The zero-order valence-electron chi connectivity index (χ0n) is 9.81. The molecule has 90 valence electrons. The van der Waals surface area contributed by atoms with Crippen LogP contribution in [0.1, 0.15) is 5.56 Å². The highest BCUT2D eigenvalue weighted by atomic mass is 16.5. The summed E-state index contributed by atoms with van der Waals surface area (Å²) in [6.45, 7) is 3.08. The maximum atomic E-state index is 8.99. The molecule has 0 bridgehead atoms. The molecule has 16 heavy (non-hydrogen) atoms. The van der Waals surface area contributed by atoms with E-state index in [-0.39, 0.29) is 13.2 Å². The molecule has 0 saturated heterocycles. The summed E-state index contributed by atoms with van der Waals surface area (Å²) in [5.41, 5.74) is 2.03. The summed E-state index contributed by atoms with van der Waals surface area (Å²) in [5, 5.41) is 18.0. The number of rotatable bonds is 6. The van der Waals surface area contributed by atoms with Crippen LogP contribution in [-0.2, 0) is 0 Å². The van der Waals surface area contributed by atoms with Crippen LogP contribution in [0.2, 0.25) is 0 Å². The van der Waals surface area contributed by atoms with Crippen molar-refractivity contribution in [3.8, 4) is 5.75 Å². The Kier molecular flexibility index (Phi) is 5.08. The van der Waals surface area contributed by atoms with Crippen molar-refractivity contribution in [2.45, 2.75) is 6.92 Å². The molecule has 0 radical (unpaired) electrons. The van der Waals surface area contributed by atoms with E-state index in [4.69, 9.17) is 14.9 Å². The van der Waals surface area contributed by atoms with Crippen LogP contribution in [0, 0.1) is 6.92 Å². The fraction of sp³-hybridized carbons (Fsp3) is 0.500. The Balaban J connectivity index is 3.00. The summed E-state index contributed by atoms with van der Waals surface area (Å²) < 4.78 is 5.27. The molecule has 0 spiro atoms. The van der Waals surface area contributed by atoms with Crippen LogP contribution in [0.15, 0.2) is 18.2 Å². The van der Waals surface area contributed by atoms with Gasteiger partial charge in [0.25, 0.3) is 0 Å². The molecule has 0 aliphatic heterocycles. The summed E-state index contributed by atoms with van der Waals surface area (Å²) in [4.78, 5) is 1.91. The maximum absolute atomic E-state index is 8.99. The largest absolute Gasteiger partial charge is 0.495 e.